The number of nitrogen functional groups attached to an aromatic ring is 2. The van der Waals surface area contributed by atoms with Gasteiger partial charge in [0, 0.05) is 5.39 Å². The van der Waals surface area contributed by atoms with E-state index in [-0.39, 0.29) is 22.0 Å². The lowest BCUT2D eigenvalue weighted by molar-refractivity contribution is 0.0292. The Morgan fingerprint density at radius 3 is 2.69 bits per heavy atom. The molecule has 3 aromatic heterocycles. The molecule has 1 aliphatic rings. The van der Waals surface area contributed by atoms with Crippen molar-refractivity contribution >= 4 is 45.2 Å². The van der Waals surface area contributed by atoms with Gasteiger partial charge in [0.15, 0.2) is 5.65 Å². The van der Waals surface area contributed by atoms with Crippen molar-refractivity contribution in [3.05, 3.63) is 58.8 Å². The van der Waals surface area contributed by atoms with Gasteiger partial charge in [0.1, 0.15) is 42.0 Å². The first-order valence-corrected chi connectivity index (χ1v) is 10.3. The zero-order valence-corrected chi connectivity index (χ0v) is 17.4. The summed E-state index contributed by atoms with van der Waals surface area (Å²) in [5.41, 5.74) is 13.8. The second-order valence-corrected chi connectivity index (χ2v) is 8.16. The molecule has 0 saturated heterocycles. The quantitative estimate of drug-likeness (QED) is 0.342. The Kier molecular flexibility index (Phi) is 4.92. The zero-order valence-electron chi connectivity index (χ0n) is 16.7. The highest BCUT2D eigenvalue weighted by atomic mass is 35.5. The highest BCUT2D eigenvalue weighted by molar-refractivity contribution is 6.33. The van der Waals surface area contributed by atoms with E-state index in [1.54, 1.807) is 12.1 Å². The molecule has 6 N–H and O–H groups in total. The fourth-order valence-corrected chi connectivity index (χ4v) is 4.23. The number of aromatic nitrogens is 5. The number of halogens is 2. The van der Waals surface area contributed by atoms with E-state index in [4.69, 9.17) is 23.1 Å². The molecule has 9 nitrogen and oxygen atoms in total. The Labute approximate surface area is 186 Å². The van der Waals surface area contributed by atoms with Crippen LogP contribution in [0.25, 0.3) is 21.9 Å². The first-order valence-electron chi connectivity index (χ1n) is 9.88. The van der Waals surface area contributed by atoms with E-state index in [1.165, 1.54) is 29.3 Å². The third-order valence-electron chi connectivity index (χ3n) is 5.77. The van der Waals surface area contributed by atoms with Gasteiger partial charge in [-0.2, -0.15) is 5.10 Å². The Hall–Kier alpha value is -3.34. The molecular formula is C21H19ClFN7O2. The number of aliphatic hydroxyl groups excluding tert-OH is 2. The minimum absolute atomic E-state index is 0.131. The van der Waals surface area contributed by atoms with Crippen LogP contribution in [0.15, 0.2) is 42.4 Å². The number of rotatable bonds is 4. The molecule has 0 spiro atoms. The summed E-state index contributed by atoms with van der Waals surface area (Å²) in [6.45, 7) is 0. The predicted octanol–water partition coefficient (Wildman–Crippen LogP) is 2.17. The molecule has 3 atom stereocenters. The molecule has 0 bridgehead atoms. The maximum Gasteiger partial charge on any atom is 0.163 e. The van der Waals surface area contributed by atoms with Crippen molar-refractivity contribution in [3.63, 3.8) is 0 Å². The van der Waals surface area contributed by atoms with Crippen LogP contribution in [0.1, 0.15) is 18.0 Å². The molecule has 0 radical (unpaired) electrons. The van der Waals surface area contributed by atoms with Crippen molar-refractivity contribution in [2.45, 2.75) is 31.1 Å². The molecule has 0 amide bonds. The van der Waals surface area contributed by atoms with E-state index in [0.717, 1.165) is 0 Å². The summed E-state index contributed by atoms with van der Waals surface area (Å²) in [4.78, 5) is 12.3. The maximum atomic E-state index is 14.5. The zero-order chi connectivity index (χ0) is 22.6. The Bertz CT molecular complexity index is 1390. The van der Waals surface area contributed by atoms with Gasteiger partial charge < -0.3 is 21.7 Å². The lowest BCUT2D eigenvalue weighted by Crippen LogP contribution is -2.30. The summed E-state index contributed by atoms with van der Waals surface area (Å²) in [6.07, 6.45) is 3.23. The van der Waals surface area contributed by atoms with E-state index in [9.17, 15) is 14.6 Å². The van der Waals surface area contributed by atoms with Gasteiger partial charge in [-0.3, -0.25) is 0 Å². The van der Waals surface area contributed by atoms with Gasteiger partial charge in [0.25, 0.3) is 0 Å². The molecule has 0 fully saturated rings. The lowest BCUT2D eigenvalue weighted by Gasteiger charge is -2.18. The Morgan fingerprint density at radius 2 is 1.88 bits per heavy atom. The summed E-state index contributed by atoms with van der Waals surface area (Å²) < 4.78 is 16.1. The van der Waals surface area contributed by atoms with Crippen LogP contribution in [0.2, 0.25) is 5.02 Å². The first kappa shape index (κ1) is 20.6. The van der Waals surface area contributed by atoms with Gasteiger partial charge in [-0.15, -0.1) is 0 Å². The molecule has 4 aromatic rings. The number of hydrogen-bond donors (Lipinski definition) is 4. The number of aliphatic hydroxyl groups is 2. The fourth-order valence-electron chi connectivity index (χ4n) is 4.08. The van der Waals surface area contributed by atoms with Crippen molar-refractivity contribution in [1.29, 1.82) is 0 Å². The maximum absolute atomic E-state index is 14.5. The van der Waals surface area contributed by atoms with Crippen molar-refractivity contribution in [3.8, 4) is 0 Å². The number of nitrogens with zero attached hydrogens (tertiary/aromatic N) is 5. The van der Waals surface area contributed by atoms with E-state index < -0.39 is 24.1 Å². The van der Waals surface area contributed by atoms with E-state index in [1.807, 2.05) is 0 Å². The van der Waals surface area contributed by atoms with Crippen molar-refractivity contribution in [1.82, 2.24) is 24.7 Å². The fraction of sp³-hybridized carbons (Fsp3) is 0.238. The minimum Gasteiger partial charge on any atom is -0.387 e. The summed E-state index contributed by atoms with van der Waals surface area (Å²) in [5, 5.41) is 26.5. The number of hydrogen-bond acceptors (Lipinski definition) is 8. The van der Waals surface area contributed by atoms with Crippen LogP contribution in [-0.4, -0.2) is 47.2 Å². The van der Waals surface area contributed by atoms with Crippen molar-refractivity contribution in [2.75, 3.05) is 11.5 Å². The molecular weight excluding hydrogens is 437 g/mol. The summed E-state index contributed by atoms with van der Waals surface area (Å²) in [7, 11) is 0. The Morgan fingerprint density at radius 1 is 1.06 bits per heavy atom. The van der Waals surface area contributed by atoms with Crippen LogP contribution >= 0.6 is 11.6 Å². The van der Waals surface area contributed by atoms with Crippen LogP contribution in [0.5, 0.6) is 0 Å². The largest absolute Gasteiger partial charge is 0.387 e. The molecule has 0 unspecified atom stereocenters. The number of benzene rings is 1. The SMILES string of the molecule is Nc1nc2cc(CCC3=C[C@@H](n4ncc5c(N)ncnc54)[C@H](O)[C@@H]3O)cc(F)c2cc1Cl. The minimum atomic E-state index is -1.11. The number of fused-ring (bicyclic) bond motifs is 2. The van der Waals surface area contributed by atoms with Gasteiger partial charge in [0.2, 0.25) is 0 Å². The lowest BCUT2D eigenvalue weighted by atomic mass is 10.0. The van der Waals surface area contributed by atoms with E-state index in [0.29, 0.717) is 40.5 Å². The van der Waals surface area contributed by atoms with Crippen LogP contribution in [-0.2, 0) is 6.42 Å². The van der Waals surface area contributed by atoms with E-state index >= 15 is 0 Å². The predicted molar refractivity (Wildman–Crippen MR) is 118 cm³/mol. The molecule has 164 valence electrons. The van der Waals surface area contributed by atoms with Crippen molar-refractivity contribution < 1.29 is 14.6 Å². The topological polar surface area (TPSA) is 149 Å². The summed E-state index contributed by atoms with van der Waals surface area (Å²) >= 11 is 5.94. The average molecular weight is 456 g/mol. The highest BCUT2D eigenvalue weighted by Crippen LogP contribution is 2.34. The summed E-state index contributed by atoms with van der Waals surface area (Å²) in [5.74, 6) is -0.0371. The monoisotopic (exact) mass is 455 g/mol. The third-order valence-corrected chi connectivity index (χ3v) is 6.07. The second kappa shape index (κ2) is 7.66. The van der Waals surface area contributed by atoms with Gasteiger partial charge >= 0.3 is 0 Å². The first-order chi connectivity index (χ1) is 15.3. The molecule has 3 heterocycles. The van der Waals surface area contributed by atoms with Gasteiger partial charge in [-0.05, 0) is 42.2 Å². The molecule has 11 heteroatoms. The third kappa shape index (κ3) is 3.32. The summed E-state index contributed by atoms with van der Waals surface area (Å²) in [6, 6.07) is 3.98. The highest BCUT2D eigenvalue weighted by Gasteiger charge is 2.36. The second-order valence-electron chi connectivity index (χ2n) is 7.75. The number of nitrogens with two attached hydrogens (primary N) is 2. The normalized spacial score (nSPS) is 20.9. The smallest absolute Gasteiger partial charge is 0.163 e. The van der Waals surface area contributed by atoms with E-state index in [2.05, 4.69) is 20.1 Å². The van der Waals surface area contributed by atoms with Crippen LogP contribution in [0, 0.1) is 5.82 Å². The standard InChI is InChI=1S/C21H19ClFN7O2/c22-13-6-11-14(23)3-9(4-15(11)29-20(13)25)1-2-10-5-16(18(32)17(10)31)30-21-12(7-28-30)19(24)26-8-27-21/h3-8,16-18,31-32H,1-2H2,(H2,25,29)(H2,24,26,27)/t16-,17-,18+/m1/s1. The molecule has 32 heavy (non-hydrogen) atoms. The molecule has 0 saturated carbocycles. The molecule has 1 aliphatic carbocycles. The molecule has 5 rings (SSSR count). The van der Waals surface area contributed by atoms with Crippen LogP contribution < -0.4 is 11.5 Å². The Balaban J connectivity index is 1.42. The van der Waals surface area contributed by atoms with Gasteiger partial charge in [-0.1, -0.05) is 17.7 Å². The van der Waals surface area contributed by atoms with Gasteiger partial charge in [-0.25, -0.2) is 24.0 Å². The number of aryl methyl sites for hydroxylation is 1. The number of pyridine rings is 1. The number of anilines is 2. The van der Waals surface area contributed by atoms with Gasteiger partial charge in [0.05, 0.1) is 22.1 Å². The molecule has 0 aliphatic heterocycles. The average Bonchev–Trinajstić information content (AvgIpc) is 3.31. The molecule has 1 aromatic carbocycles. The van der Waals surface area contributed by atoms with Crippen LogP contribution in [0.3, 0.4) is 0 Å². The van der Waals surface area contributed by atoms with Crippen molar-refractivity contribution in [2.24, 2.45) is 0 Å². The van der Waals surface area contributed by atoms with Crippen LogP contribution in [0.4, 0.5) is 16.0 Å².